The molecule has 1 aromatic rings. The maximum Gasteiger partial charge on any atom is 0.140 e. The van der Waals surface area contributed by atoms with Gasteiger partial charge in [-0.3, -0.25) is 4.79 Å². The molecule has 0 aromatic heterocycles. The largest absolute Gasteiger partial charge is 0.302 e. The van der Waals surface area contributed by atoms with Crippen LogP contribution in [-0.2, 0) is 9.63 Å². The molecule has 1 aliphatic carbocycles. The van der Waals surface area contributed by atoms with Crippen LogP contribution in [0.5, 0.6) is 0 Å². The highest BCUT2D eigenvalue weighted by Crippen LogP contribution is 2.42. The number of carbonyl (C=O) groups excluding carboxylic acids is 1. The quantitative estimate of drug-likeness (QED) is 0.823. The molecule has 2 atom stereocenters. The van der Waals surface area contributed by atoms with Gasteiger partial charge >= 0.3 is 0 Å². The van der Waals surface area contributed by atoms with Crippen LogP contribution in [-0.4, -0.2) is 31.0 Å². The molecular weight excluding hydrogens is 298 g/mol. The second kappa shape index (κ2) is 7.37. The molecule has 2 unspecified atom stereocenters. The standard InChI is InChI=1S/C21H31NO2/c1-14-9-15(2)21(16(3)10-14)19-12-18(13-20(19)23)11-17-5-7-22(24-4)8-6-17/h9-10,17-19H,5-8,11-13H2,1-4H3. The van der Waals surface area contributed by atoms with Crippen LogP contribution in [0.3, 0.4) is 0 Å². The number of aryl methyl sites for hydroxylation is 3. The van der Waals surface area contributed by atoms with Crippen LogP contribution in [0, 0.1) is 32.6 Å². The summed E-state index contributed by atoms with van der Waals surface area (Å²) in [4.78, 5) is 18.0. The van der Waals surface area contributed by atoms with Crippen molar-refractivity contribution in [2.75, 3.05) is 20.2 Å². The molecule has 0 amide bonds. The van der Waals surface area contributed by atoms with Gasteiger partial charge in [0.2, 0.25) is 0 Å². The Kier molecular flexibility index (Phi) is 5.41. The maximum atomic E-state index is 12.7. The molecule has 3 rings (SSSR count). The van der Waals surface area contributed by atoms with E-state index in [9.17, 15) is 4.79 Å². The van der Waals surface area contributed by atoms with E-state index in [1.165, 1.54) is 41.5 Å². The Bertz CT molecular complexity index is 579. The molecule has 1 aliphatic heterocycles. The fourth-order valence-corrected chi connectivity index (χ4v) is 4.97. The van der Waals surface area contributed by atoms with E-state index in [1.54, 1.807) is 7.11 Å². The highest BCUT2D eigenvalue weighted by molar-refractivity contribution is 5.88. The third-order valence-electron chi connectivity index (χ3n) is 6.03. The molecule has 3 heteroatoms. The number of hydroxylamine groups is 2. The zero-order chi connectivity index (χ0) is 17.3. The van der Waals surface area contributed by atoms with Crippen molar-refractivity contribution < 1.29 is 9.63 Å². The van der Waals surface area contributed by atoms with E-state index < -0.39 is 0 Å². The average molecular weight is 329 g/mol. The molecule has 1 aromatic carbocycles. The van der Waals surface area contributed by atoms with E-state index in [4.69, 9.17) is 4.84 Å². The van der Waals surface area contributed by atoms with E-state index in [1.807, 2.05) is 0 Å². The molecule has 0 spiro atoms. The van der Waals surface area contributed by atoms with Crippen molar-refractivity contribution >= 4 is 5.78 Å². The van der Waals surface area contributed by atoms with E-state index >= 15 is 0 Å². The number of ketones is 1. The molecular formula is C21H31NO2. The first-order chi connectivity index (χ1) is 11.5. The van der Waals surface area contributed by atoms with Crippen molar-refractivity contribution in [1.82, 2.24) is 5.06 Å². The molecule has 1 saturated heterocycles. The molecule has 0 N–H and O–H groups in total. The summed E-state index contributed by atoms with van der Waals surface area (Å²) in [5.41, 5.74) is 5.18. The zero-order valence-electron chi connectivity index (χ0n) is 15.6. The first-order valence-corrected chi connectivity index (χ1v) is 9.37. The van der Waals surface area contributed by atoms with Crippen LogP contribution in [0.15, 0.2) is 12.1 Å². The minimum absolute atomic E-state index is 0.134. The SMILES string of the molecule is CON1CCC(CC2CC(=O)C(c3c(C)cc(C)cc3C)C2)CC1. The number of hydrogen-bond donors (Lipinski definition) is 0. The number of hydrogen-bond acceptors (Lipinski definition) is 3. The number of benzene rings is 1. The number of carbonyl (C=O) groups is 1. The van der Waals surface area contributed by atoms with Gasteiger partial charge in [0.1, 0.15) is 5.78 Å². The summed E-state index contributed by atoms with van der Waals surface area (Å²) < 4.78 is 0. The number of rotatable bonds is 4. The van der Waals surface area contributed by atoms with Crippen molar-refractivity contribution in [3.05, 3.63) is 34.4 Å². The Labute approximate surface area is 146 Å². The predicted octanol–water partition coefficient (Wildman–Crippen LogP) is 4.34. The number of nitrogens with zero attached hydrogens (tertiary/aromatic N) is 1. The summed E-state index contributed by atoms with van der Waals surface area (Å²) in [7, 11) is 1.76. The van der Waals surface area contributed by atoms with Crippen LogP contribution in [0.4, 0.5) is 0 Å². The number of Topliss-reactive ketones (excluding diaryl/α,β-unsaturated/α-hetero) is 1. The van der Waals surface area contributed by atoms with Crippen LogP contribution in [0.2, 0.25) is 0 Å². The predicted molar refractivity (Wildman–Crippen MR) is 97.0 cm³/mol. The van der Waals surface area contributed by atoms with Crippen molar-refractivity contribution in [2.24, 2.45) is 11.8 Å². The lowest BCUT2D eigenvalue weighted by molar-refractivity contribution is -0.148. The van der Waals surface area contributed by atoms with Gasteiger partial charge in [-0.25, -0.2) is 0 Å². The van der Waals surface area contributed by atoms with Gasteiger partial charge in [0.15, 0.2) is 0 Å². The van der Waals surface area contributed by atoms with Gasteiger partial charge in [-0.15, -0.1) is 0 Å². The molecule has 24 heavy (non-hydrogen) atoms. The van der Waals surface area contributed by atoms with E-state index in [-0.39, 0.29) is 5.92 Å². The molecule has 2 aliphatic rings. The van der Waals surface area contributed by atoms with Gasteiger partial charge in [-0.05, 0) is 75.0 Å². The fraction of sp³-hybridized carbons (Fsp3) is 0.667. The molecule has 132 valence electrons. The van der Waals surface area contributed by atoms with Gasteiger partial charge in [0.05, 0.1) is 7.11 Å². The smallest absolute Gasteiger partial charge is 0.140 e. The van der Waals surface area contributed by atoms with Gasteiger partial charge in [-0.2, -0.15) is 5.06 Å². The first-order valence-electron chi connectivity index (χ1n) is 9.37. The lowest BCUT2D eigenvalue weighted by atomic mass is 9.84. The van der Waals surface area contributed by atoms with E-state index in [0.29, 0.717) is 11.7 Å². The monoisotopic (exact) mass is 329 g/mol. The summed E-state index contributed by atoms with van der Waals surface area (Å²) >= 11 is 0. The van der Waals surface area contributed by atoms with E-state index in [0.717, 1.165) is 31.8 Å². The summed E-state index contributed by atoms with van der Waals surface area (Å²) in [6.07, 6.45) is 5.44. The Morgan fingerprint density at radius 1 is 1.08 bits per heavy atom. The van der Waals surface area contributed by atoms with Gasteiger partial charge in [0, 0.05) is 25.4 Å². The van der Waals surface area contributed by atoms with Crippen molar-refractivity contribution in [3.63, 3.8) is 0 Å². The Hall–Kier alpha value is -1.19. The molecule has 0 radical (unpaired) electrons. The van der Waals surface area contributed by atoms with Gasteiger partial charge in [-0.1, -0.05) is 17.7 Å². The summed E-state index contributed by atoms with van der Waals surface area (Å²) in [5.74, 6) is 1.92. The van der Waals surface area contributed by atoms with E-state index in [2.05, 4.69) is 38.0 Å². The third kappa shape index (κ3) is 3.73. The van der Waals surface area contributed by atoms with Crippen LogP contribution in [0.1, 0.15) is 60.3 Å². The normalized spacial score (nSPS) is 26.2. The summed E-state index contributed by atoms with van der Waals surface area (Å²) in [5, 5.41) is 2.05. The molecule has 1 heterocycles. The molecule has 0 bridgehead atoms. The molecule has 1 saturated carbocycles. The van der Waals surface area contributed by atoms with Crippen molar-refractivity contribution in [3.8, 4) is 0 Å². The highest BCUT2D eigenvalue weighted by Gasteiger charge is 2.36. The maximum absolute atomic E-state index is 12.7. The minimum atomic E-state index is 0.134. The Balaban J connectivity index is 1.64. The Morgan fingerprint density at radius 3 is 2.29 bits per heavy atom. The van der Waals surface area contributed by atoms with Crippen molar-refractivity contribution in [1.29, 1.82) is 0 Å². The van der Waals surface area contributed by atoms with Crippen molar-refractivity contribution in [2.45, 2.75) is 58.8 Å². The highest BCUT2D eigenvalue weighted by atomic mass is 16.7. The molecule has 3 nitrogen and oxygen atoms in total. The Morgan fingerprint density at radius 2 is 1.71 bits per heavy atom. The summed E-state index contributed by atoms with van der Waals surface area (Å²) in [6.45, 7) is 8.52. The lowest BCUT2D eigenvalue weighted by Gasteiger charge is -2.31. The minimum Gasteiger partial charge on any atom is -0.302 e. The van der Waals surface area contributed by atoms with Crippen LogP contribution in [0.25, 0.3) is 0 Å². The van der Waals surface area contributed by atoms with Gasteiger partial charge in [0.25, 0.3) is 0 Å². The summed E-state index contributed by atoms with van der Waals surface area (Å²) in [6, 6.07) is 4.45. The zero-order valence-corrected chi connectivity index (χ0v) is 15.6. The van der Waals surface area contributed by atoms with Crippen LogP contribution < -0.4 is 0 Å². The van der Waals surface area contributed by atoms with Gasteiger partial charge < -0.3 is 4.84 Å². The second-order valence-corrected chi connectivity index (χ2v) is 7.93. The van der Waals surface area contributed by atoms with Crippen LogP contribution >= 0.6 is 0 Å². The fourth-order valence-electron chi connectivity index (χ4n) is 4.97. The first kappa shape index (κ1) is 17.6. The number of piperidine rings is 1. The average Bonchev–Trinajstić information content (AvgIpc) is 2.87. The topological polar surface area (TPSA) is 29.5 Å². The third-order valence-corrected chi connectivity index (χ3v) is 6.03. The molecule has 2 fully saturated rings. The second-order valence-electron chi connectivity index (χ2n) is 7.93. The lowest BCUT2D eigenvalue weighted by Crippen LogP contribution is -2.33.